The Hall–Kier alpha value is -2.51. The standard InChI is InChI=1S/C17H20F2N2O4/c1-25-16(23)6-5-15(22)20-7-2-8-21(10-9-20)17(24)12-3-4-13(18)14(19)11-12/h3-4,11H,2,5-10H2,1H3. The second kappa shape index (κ2) is 8.55. The van der Waals surface area contributed by atoms with Gasteiger partial charge in [0.05, 0.1) is 13.5 Å². The zero-order valence-electron chi connectivity index (χ0n) is 14.0. The lowest BCUT2D eigenvalue weighted by Crippen LogP contribution is -2.37. The minimum atomic E-state index is -1.07. The van der Waals surface area contributed by atoms with Gasteiger partial charge in [-0.25, -0.2) is 8.78 Å². The summed E-state index contributed by atoms with van der Waals surface area (Å²) >= 11 is 0. The van der Waals surface area contributed by atoms with Crippen molar-refractivity contribution in [2.45, 2.75) is 19.3 Å². The normalized spacial score (nSPS) is 14.8. The summed E-state index contributed by atoms with van der Waals surface area (Å²) in [5, 5.41) is 0. The number of rotatable bonds is 4. The van der Waals surface area contributed by atoms with E-state index in [2.05, 4.69) is 4.74 Å². The maximum atomic E-state index is 13.3. The third-order valence-electron chi connectivity index (χ3n) is 4.07. The molecule has 0 aromatic heterocycles. The van der Waals surface area contributed by atoms with Crippen LogP contribution in [-0.2, 0) is 14.3 Å². The first-order valence-corrected chi connectivity index (χ1v) is 8.01. The number of benzene rings is 1. The van der Waals surface area contributed by atoms with Gasteiger partial charge < -0.3 is 14.5 Å². The molecule has 0 saturated carbocycles. The molecule has 1 aromatic rings. The molecule has 0 spiro atoms. The lowest BCUT2D eigenvalue weighted by Gasteiger charge is -2.22. The van der Waals surface area contributed by atoms with Crippen LogP contribution in [0.3, 0.4) is 0 Å². The number of methoxy groups -OCH3 is 1. The SMILES string of the molecule is COC(=O)CCC(=O)N1CCCN(C(=O)c2ccc(F)c(F)c2)CC1. The van der Waals surface area contributed by atoms with Crippen LogP contribution >= 0.6 is 0 Å². The summed E-state index contributed by atoms with van der Waals surface area (Å²) in [4.78, 5) is 38.8. The van der Waals surface area contributed by atoms with E-state index in [0.29, 0.717) is 32.6 Å². The summed E-state index contributed by atoms with van der Waals surface area (Å²) < 4.78 is 30.8. The first-order chi connectivity index (χ1) is 11.9. The molecule has 1 saturated heterocycles. The molecular weight excluding hydrogens is 334 g/mol. The molecule has 1 aromatic carbocycles. The minimum absolute atomic E-state index is 0.0172. The van der Waals surface area contributed by atoms with Crippen LogP contribution in [0.2, 0.25) is 0 Å². The molecule has 1 aliphatic rings. The van der Waals surface area contributed by atoms with Crippen LogP contribution in [-0.4, -0.2) is 60.9 Å². The molecule has 136 valence electrons. The molecule has 0 aliphatic carbocycles. The summed E-state index contributed by atoms with van der Waals surface area (Å²) in [6, 6.07) is 3.04. The van der Waals surface area contributed by atoms with Crippen molar-refractivity contribution in [2.75, 3.05) is 33.3 Å². The number of hydrogen-bond donors (Lipinski definition) is 0. The molecule has 0 radical (unpaired) electrons. The van der Waals surface area contributed by atoms with E-state index in [0.717, 1.165) is 12.1 Å². The van der Waals surface area contributed by atoms with E-state index in [1.165, 1.54) is 18.1 Å². The Morgan fingerprint density at radius 3 is 2.36 bits per heavy atom. The number of carbonyl (C=O) groups excluding carboxylic acids is 3. The third kappa shape index (κ3) is 4.98. The van der Waals surface area contributed by atoms with Crippen LogP contribution in [0.25, 0.3) is 0 Å². The van der Waals surface area contributed by atoms with Crippen molar-refractivity contribution in [1.29, 1.82) is 0 Å². The van der Waals surface area contributed by atoms with Gasteiger partial charge in [-0.1, -0.05) is 0 Å². The predicted molar refractivity (Wildman–Crippen MR) is 84.7 cm³/mol. The summed E-state index contributed by atoms with van der Waals surface area (Å²) in [5.41, 5.74) is 0.0735. The van der Waals surface area contributed by atoms with E-state index < -0.39 is 23.5 Å². The predicted octanol–water partition coefficient (Wildman–Crippen LogP) is 1.59. The van der Waals surface area contributed by atoms with Gasteiger partial charge in [0.15, 0.2) is 11.6 Å². The Balaban J connectivity index is 1.94. The molecule has 2 amide bonds. The first kappa shape index (κ1) is 18.8. The Bertz CT molecular complexity index is 666. The quantitative estimate of drug-likeness (QED) is 0.770. The molecule has 0 atom stereocenters. The van der Waals surface area contributed by atoms with Gasteiger partial charge in [-0.2, -0.15) is 0 Å². The zero-order valence-corrected chi connectivity index (χ0v) is 14.0. The molecule has 1 aliphatic heterocycles. The molecule has 0 bridgehead atoms. The number of esters is 1. The monoisotopic (exact) mass is 354 g/mol. The van der Waals surface area contributed by atoms with Crippen molar-refractivity contribution in [3.05, 3.63) is 35.4 Å². The average molecular weight is 354 g/mol. The van der Waals surface area contributed by atoms with Crippen molar-refractivity contribution < 1.29 is 27.9 Å². The highest BCUT2D eigenvalue weighted by Gasteiger charge is 2.23. The van der Waals surface area contributed by atoms with E-state index in [1.54, 1.807) is 4.90 Å². The molecule has 1 fully saturated rings. The topological polar surface area (TPSA) is 66.9 Å². The summed E-state index contributed by atoms with van der Waals surface area (Å²) in [5.74, 6) is -3.09. The van der Waals surface area contributed by atoms with Crippen molar-refractivity contribution in [3.63, 3.8) is 0 Å². The van der Waals surface area contributed by atoms with Gasteiger partial charge in [0.1, 0.15) is 0 Å². The smallest absolute Gasteiger partial charge is 0.306 e. The van der Waals surface area contributed by atoms with Gasteiger partial charge in [-0.15, -0.1) is 0 Å². The number of amides is 2. The Kier molecular flexibility index (Phi) is 6.44. The lowest BCUT2D eigenvalue weighted by molar-refractivity contribution is -0.143. The van der Waals surface area contributed by atoms with Crippen LogP contribution in [0.5, 0.6) is 0 Å². The second-order valence-electron chi connectivity index (χ2n) is 5.73. The van der Waals surface area contributed by atoms with Crippen molar-refractivity contribution in [3.8, 4) is 0 Å². The lowest BCUT2D eigenvalue weighted by atomic mass is 10.2. The highest BCUT2D eigenvalue weighted by atomic mass is 19.2. The third-order valence-corrected chi connectivity index (χ3v) is 4.07. The van der Waals surface area contributed by atoms with E-state index in [1.807, 2.05) is 0 Å². The van der Waals surface area contributed by atoms with Crippen LogP contribution in [0.1, 0.15) is 29.6 Å². The minimum Gasteiger partial charge on any atom is -0.469 e. The van der Waals surface area contributed by atoms with Crippen LogP contribution in [0, 0.1) is 11.6 Å². The Labute approximate surface area is 144 Å². The summed E-state index contributed by atoms with van der Waals surface area (Å²) in [6.45, 7) is 1.51. The van der Waals surface area contributed by atoms with E-state index in [4.69, 9.17) is 0 Å². The highest BCUT2D eigenvalue weighted by Crippen LogP contribution is 2.13. The molecule has 1 heterocycles. The van der Waals surface area contributed by atoms with Crippen molar-refractivity contribution >= 4 is 17.8 Å². The maximum Gasteiger partial charge on any atom is 0.306 e. The summed E-state index contributed by atoms with van der Waals surface area (Å²) in [6.07, 6.45) is 0.645. The fraction of sp³-hybridized carbons (Fsp3) is 0.471. The Morgan fingerprint density at radius 1 is 1.00 bits per heavy atom. The molecule has 0 N–H and O–H groups in total. The van der Waals surface area contributed by atoms with E-state index >= 15 is 0 Å². The first-order valence-electron chi connectivity index (χ1n) is 8.01. The van der Waals surface area contributed by atoms with Gasteiger partial charge in [0.2, 0.25) is 5.91 Å². The maximum absolute atomic E-state index is 13.3. The average Bonchev–Trinajstić information content (AvgIpc) is 2.87. The zero-order chi connectivity index (χ0) is 18.4. The Morgan fingerprint density at radius 2 is 1.68 bits per heavy atom. The van der Waals surface area contributed by atoms with Crippen molar-refractivity contribution in [2.24, 2.45) is 0 Å². The van der Waals surface area contributed by atoms with Crippen LogP contribution in [0.4, 0.5) is 8.78 Å². The van der Waals surface area contributed by atoms with Gasteiger partial charge in [0.25, 0.3) is 5.91 Å². The largest absolute Gasteiger partial charge is 0.469 e. The van der Waals surface area contributed by atoms with Gasteiger partial charge >= 0.3 is 5.97 Å². The van der Waals surface area contributed by atoms with E-state index in [-0.39, 0.29) is 24.3 Å². The van der Waals surface area contributed by atoms with Crippen LogP contribution in [0.15, 0.2) is 18.2 Å². The number of ether oxygens (including phenoxy) is 1. The summed E-state index contributed by atoms with van der Waals surface area (Å²) in [7, 11) is 1.26. The second-order valence-corrected chi connectivity index (χ2v) is 5.73. The number of halogens is 2. The number of nitrogens with zero attached hydrogens (tertiary/aromatic N) is 2. The number of hydrogen-bond acceptors (Lipinski definition) is 4. The molecule has 8 heteroatoms. The van der Waals surface area contributed by atoms with E-state index in [9.17, 15) is 23.2 Å². The van der Waals surface area contributed by atoms with Gasteiger partial charge in [-0.05, 0) is 24.6 Å². The fourth-order valence-electron chi connectivity index (χ4n) is 2.65. The highest BCUT2D eigenvalue weighted by molar-refractivity contribution is 5.94. The van der Waals surface area contributed by atoms with Gasteiger partial charge in [-0.3, -0.25) is 14.4 Å². The molecule has 6 nitrogen and oxygen atoms in total. The molecule has 2 rings (SSSR count). The van der Waals surface area contributed by atoms with Crippen LogP contribution < -0.4 is 0 Å². The van der Waals surface area contributed by atoms with Gasteiger partial charge in [0, 0.05) is 38.2 Å². The molecular formula is C17H20F2N2O4. The molecule has 0 unspecified atom stereocenters. The fourth-order valence-corrected chi connectivity index (χ4v) is 2.65. The van der Waals surface area contributed by atoms with Crippen molar-refractivity contribution in [1.82, 2.24) is 9.80 Å². The number of carbonyl (C=O) groups is 3. The molecule has 25 heavy (non-hydrogen) atoms.